The Bertz CT molecular complexity index is 393. The number of amides is 1. The molecule has 1 aromatic heterocycles. The van der Waals surface area contributed by atoms with E-state index in [1.165, 1.54) is 0 Å². The molecule has 1 saturated heterocycles. The monoisotopic (exact) mass is 236 g/mol. The van der Waals surface area contributed by atoms with Crippen LogP contribution < -0.4 is 10.6 Å². The smallest absolute Gasteiger partial charge is 0.245 e. The maximum absolute atomic E-state index is 12.3. The van der Waals surface area contributed by atoms with Gasteiger partial charge in [-0.1, -0.05) is 13.8 Å². The number of aryl methyl sites for hydroxylation is 1. The molecule has 0 saturated carbocycles. The molecule has 2 rings (SSSR count). The molecule has 1 fully saturated rings. The Hall–Kier alpha value is -1.36. The number of H-pyrrole nitrogens is 1. The van der Waals surface area contributed by atoms with Crippen LogP contribution in [0.15, 0.2) is 6.20 Å². The molecular formula is C12H20N4O. The normalized spacial score (nSPS) is 23.9. The van der Waals surface area contributed by atoms with E-state index in [2.05, 4.69) is 20.8 Å². The van der Waals surface area contributed by atoms with Crippen molar-refractivity contribution in [2.75, 3.05) is 11.9 Å². The number of aromatic nitrogens is 2. The second kappa shape index (κ2) is 4.87. The van der Waals surface area contributed by atoms with Crippen LogP contribution in [0.3, 0.4) is 0 Å². The maximum atomic E-state index is 12.3. The van der Waals surface area contributed by atoms with E-state index in [9.17, 15) is 4.79 Å². The summed E-state index contributed by atoms with van der Waals surface area (Å²) >= 11 is 0. The highest BCUT2D eigenvalue weighted by Gasteiger charge is 2.39. The number of aromatic amines is 1. The third-order valence-electron chi connectivity index (χ3n) is 3.62. The van der Waals surface area contributed by atoms with Crippen LogP contribution in [0, 0.1) is 0 Å². The number of nitrogens with zero attached hydrogens (tertiary/aromatic N) is 1. The molecule has 1 aromatic rings. The molecule has 5 heteroatoms. The average molecular weight is 236 g/mol. The zero-order valence-corrected chi connectivity index (χ0v) is 10.5. The quantitative estimate of drug-likeness (QED) is 0.741. The van der Waals surface area contributed by atoms with Gasteiger partial charge in [0, 0.05) is 5.56 Å². The fourth-order valence-electron chi connectivity index (χ4n) is 2.38. The van der Waals surface area contributed by atoms with Gasteiger partial charge < -0.3 is 10.6 Å². The van der Waals surface area contributed by atoms with Crippen molar-refractivity contribution in [2.24, 2.45) is 0 Å². The summed E-state index contributed by atoms with van der Waals surface area (Å²) < 4.78 is 0. The molecule has 17 heavy (non-hydrogen) atoms. The first-order valence-corrected chi connectivity index (χ1v) is 6.30. The van der Waals surface area contributed by atoms with Crippen LogP contribution in [0.1, 0.15) is 38.7 Å². The Balaban J connectivity index is 2.10. The molecule has 1 unspecified atom stereocenters. The topological polar surface area (TPSA) is 69.8 Å². The molecule has 1 atom stereocenters. The summed E-state index contributed by atoms with van der Waals surface area (Å²) in [4.78, 5) is 12.3. The minimum absolute atomic E-state index is 0.0523. The molecule has 94 valence electrons. The highest BCUT2D eigenvalue weighted by atomic mass is 16.2. The number of nitrogens with one attached hydrogen (secondary N) is 3. The van der Waals surface area contributed by atoms with Gasteiger partial charge in [0.1, 0.15) is 5.82 Å². The van der Waals surface area contributed by atoms with Gasteiger partial charge in [0.15, 0.2) is 0 Å². The molecule has 0 aromatic carbocycles. The van der Waals surface area contributed by atoms with Crippen molar-refractivity contribution in [3.05, 3.63) is 11.8 Å². The van der Waals surface area contributed by atoms with Crippen molar-refractivity contribution < 1.29 is 4.79 Å². The van der Waals surface area contributed by atoms with Gasteiger partial charge in [-0.3, -0.25) is 9.89 Å². The van der Waals surface area contributed by atoms with Gasteiger partial charge in [-0.05, 0) is 32.2 Å². The van der Waals surface area contributed by atoms with Gasteiger partial charge in [0.05, 0.1) is 11.7 Å². The van der Waals surface area contributed by atoms with E-state index in [4.69, 9.17) is 0 Å². The van der Waals surface area contributed by atoms with E-state index in [0.717, 1.165) is 43.6 Å². The van der Waals surface area contributed by atoms with E-state index in [-0.39, 0.29) is 5.91 Å². The lowest BCUT2D eigenvalue weighted by molar-refractivity contribution is -0.122. The van der Waals surface area contributed by atoms with Gasteiger partial charge >= 0.3 is 0 Å². The van der Waals surface area contributed by atoms with E-state index in [1.54, 1.807) is 6.20 Å². The Morgan fingerprint density at radius 3 is 3.00 bits per heavy atom. The van der Waals surface area contributed by atoms with Crippen LogP contribution in [0.5, 0.6) is 0 Å². The third kappa shape index (κ3) is 2.20. The lowest BCUT2D eigenvalue weighted by atomic mass is 9.93. The minimum Gasteiger partial charge on any atom is -0.309 e. The number of hydrogen-bond donors (Lipinski definition) is 3. The van der Waals surface area contributed by atoms with Gasteiger partial charge in [-0.25, -0.2) is 0 Å². The Kier molecular flexibility index (Phi) is 3.47. The van der Waals surface area contributed by atoms with E-state index in [1.807, 2.05) is 13.8 Å². The maximum Gasteiger partial charge on any atom is 0.245 e. The van der Waals surface area contributed by atoms with Gasteiger partial charge in [0.25, 0.3) is 0 Å². The summed E-state index contributed by atoms with van der Waals surface area (Å²) in [5.41, 5.74) is 0.651. The summed E-state index contributed by atoms with van der Waals surface area (Å²) in [7, 11) is 0. The standard InChI is InChI=1S/C12H20N4O/c1-3-9-8-14-16-10(9)15-11(17)12(4-2)6-5-7-13-12/h8,13H,3-7H2,1-2H3,(H2,14,15,16,17). The lowest BCUT2D eigenvalue weighted by Gasteiger charge is -2.26. The van der Waals surface area contributed by atoms with Crippen LogP contribution in [0.25, 0.3) is 0 Å². The van der Waals surface area contributed by atoms with E-state index < -0.39 is 5.54 Å². The summed E-state index contributed by atoms with van der Waals surface area (Å²) in [5.74, 6) is 0.787. The van der Waals surface area contributed by atoms with Crippen LogP contribution in [-0.2, 0) is 11.2 Å². The van der Waals surface area contributed by atoms with Crippen molar-refractivity contribution in [1.29, 1.82) is 0 Å². The summed E-state index contributed by atoms with van der Waals surface area (Å²) in [6.07, 6.45) is 5.40. The summed E-state index contributed by atoms with van der Waals surface area (Å²) in [6.45, 7) is 5.01. The van der Waals surface area contributed by atoms with Crippen molar-refractivity contribution in [3.63, 3.8) is 0 Å². The highest BCUT2D eigenvalue weighted by molar-refractivity contribution is 5.98. The van der Waals surface area contributed by atoms with E-state index >= 15 is 0 Å². The molecule has 1 amide bonds. The zero-order chi connectivity index (χ0) is 12.3. The van der Waals surface area contributed by atoms with Crippen LogP contribution in [0.4, 0.5) is 5.82 Å². The predicted molar refractivity (Wildman–Crippen MR) is 66.9 cm³/mol. The molecule has 2 heterocycles. The average Bonchev–Trinajstić information content (AvgIpc) is 2.97. The Labute approximate surface area is 101 Å². The van der Waals surface area contributed by atoms with Crippen LogP contribution in [-0.4, -0.2) is 28.2 Å². The largest absolute Gasteiger partial charge is 0.309 e. The first kappa shape index (κ1) is 12.1. The predicted octanol–water partition coefficient (Wildman–Crippen LogP) is 1.44. The number of hydrogen-bond acceptors (Lipinski definition) is 3. The fourth-order valence-corrected chi connectivity index (χ4v) is 2.38. The highest BCUT2D eigenvalue weighted by Crippen LogP contribution is 2.25. The SMILES string of the molecule is CCc1cn[nH]c1NC(=O)C1(CC)CCCN1. The fraction of sp³-hybridized carbons (Fsp3) is 0.667. The zero-order valence-electron chi connectivity index (χ0n) is 10.5. The van der Waals surface area contributed by atoms with Crippen molar-refractivity contribution >= 4 is 11.7 Å². The first-order chi connectivity index (χ1) is 8.22. The first-order valence-electron chi connectivity index (χ1n) is 6.30. The van der Waals surface area contributed by atoms with Crippen molar-refractivity contribution in [3.8, 4) is 0 Å². The van der Waals surface area contributed by atoms with Crippen LogP contribution in [0.2, 0.25) is 0 Å². The molecule has 1 aliphatic heterocycles. The molecule has 3 N–H and O–H groups in total. The Morgan fingerprint density at radius 1 is 1.59 bits per heavy atom. The second-order valence-electron chi connectivity index (χ2n) is 4.54. The molecular weight excluding hydrogens is 216 g/mol. The lowest BCUT2D eigenvalue weighted by Crippen LogP contribution is -2.50. The molecule has 1 aliphatic rings. The molecule has 0 bridgehead atoms. The van der Waals surface area contributed by atoms with Crippen LogP contribution >= 0.6 is 0 Å². The van der Waals surface area contributed by atoms with Gasteiger partial charge in [0.2, 0.25) is 5.91 Å². The summed E-state index contributed by atoms with van der Waals surface area (Å²) in [5, 5.41) is 13.1. The summed E-state index contributed by atoms with van der Waals surface area (Å²) in [6, 6.07) is 0. The molecule has 0 aliphatic carbocycles. The third-order valence-corrected chi connectivity index (χ3v) is 3.62. The minimum atomic E-state index is -0.393. The van der Waals surface area contributed by atoms with Crippen molar-refractivity contribution in [1.82, 2.24) is 15.5 Å². The molecule has 5 nitrogen and oxygen atoms in total. The number of carbonyl (C=O) groups is 1. The number of rotatable bonds is 4. The second-order valence-corrected chi connectivity index (χ2v) is 4.54. The van der Waals surface area contributed by atoms with E-state index in [0.29, 0.717) is 0 Å². The van der Waals surface area contributed by atoms with Gasteiger partial charge in [-0.2, -0.15) is 5.10 Å². The Morgan fingerprint density at radius 2 is 2.41 bits per heavy atom. The van der Waals surface area contributed by atoms with Gasteiger partial charge in [-0.15, -0.1) is 0 Å². The number of carbonyl (C=O) groups excluding carboxylic acids is 1. The molecule has 0 radical (unpaired) electrons. The molecule has 0 spiro atoms. The number of anilines is 1. The van der Waals surface area contributed by atoms with Crippen molar-refractivity contribution in [2.45, 2.75) is 45.1 Å².